The van der Waals surface area contributed by atoms with E-state index in [0.29, 0.717) is 15.1 Å². The van der Waals surface area contributed by atoms with E-state index in [9.17, 15) is 14.0 Å². The molecular formula is C14H9BrClFN2O2. The summed E-state index contributed by atoms with van der Waals surface area (Å²) in [6, 6.07) is 10.1. The van der Waals surface area contributed by atoms with Crippen LogP contribution in [0, 0.1) is 5.82 Å². The van der Waals surface area contributed by atoms with Crippen molar-refractivity contribution in [1.82, 2.24) is 10.9 Å². The number of rotatable bonds is 2. The summed E-state index contributed by atoms with van der Waals surface area (Å²) in [5.74, 6) is -1.97. The second-order valence-corrected chi connectivity index (χ2v) is 5.39. The fraction of sp³-hybridized carbons (Fsp3) is 0. The van der Waals surface area contributed by atoms with E-state index in [4.69, 9.17) is 11.6 Å². The fourth-order valence-electron chi connectivity index (χ4n) is 1.53. The summed E-state index contributed by atoms with van der Waals surface area (Å²) in [4.78, 5) is 23.5. The Morgan fingerprint density at radius 2 is 1.62 bits per heavy atom. The van der Waals surface area contributed by atoms with E-state index in [1.54, 1.807) is 12.1 Å². The first-order valence-corrected chi connectivity index (χ1v) is 6.96. The molecule has 2 amide bonds. The zero-order valence-electron chi connectivity index (χ0n) is 10.5. The molecule has 0 bridgehead atoms. The predicted molar refractivity (Wildman–Crippen MR) is 80.5 cm³/mol. The van der Waals surface area contributed by atoms with Crippen molar-refractivity contribution >= 4 is 39.3 Å². The van der Waals surface area contributed by atoms with E-state index in [2.05, 4.69) is 26.8 Å². The number of halogens is 3. The summed E-state index contributed by atoms with van der Waals surface area (Å²) in [7, 11) is 0. The first-order chi connectivity index (χ1) is 9.97. The van der Waals surface area contributed by atoms with Crippen LogP contribution >= 0.6 is 27.5 Å². The predicted octanol–water partition coefficient (Wildman–Crippen LogP) is 3.32. The maximum absolute atomic E-state index is 13.6. The zero-order chi connectivity index (χ0) is 15.4. The van der Waals surface area contributed by atoms with Crippen molar-refractivity contribution in [2.75, 3.05) is 0 Å². The average molecular weight is 372 g/mol. The Labute approximate surface area is 133 Å². The number of amides is 2. The molecular weight excluding hydrogens is 363 g/mol. The van der Waals surface area contributed by atoms with Gasteiger partial charge in [-0.15, -0.1) is 0 Å². The van der Waals surface area contributed by atoms with Crippen LogP contribution in [0.2, 0.25) is 5.02 Å². The Bertz CT molecular complexity index is 692. The number of nitrogens with one attached hydrogen (secondary N) is 2. The molecule has 2 N–H and O–H groups in total. The summed E-state index contributed by atoms with van der Waals surface area (Å²) in [6.07, 6.45) is 0. The number of hydrogen-bond acceptors (Lipinski definition) is 2. The van der Waals surface area contributed by atoms with Crippen LogP contribution in [0.4, 0.5) is 4.39 Å². The topological polar surface area (TPSA) is 58.2 Å². The molecule has 7 heteroatoms. The zero-order valence-corrected chi connectivity index (χ0v) is 12.8. The van der Waals surface area contributed by atoms with Crippen LogP contribution in [0.3, 0.4) is 0 Å². The van der Waals surface area contributed by atoms with Crippen LogP contribution in [0.15, 0.2) is 46.9 Å². The molecule has 0 heterocycles. The van der Waals surface area contributed by atoms with Crippen molar-refractivity contribution in [2.45, 2.75) is 0 Å². The van der Waals surface area contributed by atoms with Crippen LogP contribution < -0.4 is 10.9 Å². The number of hydrazine groups is 1. The van der Waals surface area contributed by atoms with Gasteiger partial charge in [0.1, 0.15) is 5.82 Å². The lowest BCUT2D eigenvalue weighted by molar-refractivity contribution is 0.0844. The minimum atomic E-state index is -0.748. The quantitative estimate of drug-likeness (QED) is 0.796. The Kier molecular flexibility index (Phi) is 4.93. The monoisotopic (exact) mass is 370 g/mol. The molecule has 2 rings (SSSR count). The van der Waals surface area contributed by atoms with Crippen molar-refractivity contribution in [3.8, 4) is 0 Å². The summed E-state index contributed by atoms with van der Waals surface area (Å²) in [6.45, 7) is 0. The molecule has 21 heavy (non-hydrogen) atoms. The molecule has 0 radical (unpaired) electrons. The molecule has 0 aliphatic heterocycles. The Morgan fingerprint density at radius 1 is 1.00 bits per heavy atom. The van der Waals surface area contributed by atoms with Gasteiger partial charge in [0.25, 0.3) is 11.8 Å². The van der Waals surface area contributed by atoms with E-state index in [1.807, 2.05) is 0 Å². The summed E-state index contributed by atoms with van der Waals surface area (Å²) >= 11 is 8.80. The first kappa shape index (κ1) is 15.5. The lowest BCUT2D eigenvalue weighted by Crippen LogP contribution is -2.41. The smallest absolute Gasteiger partial charge is 0.267 e. The molecule has 2 aromatic carbocycles. The van der Waals surface area contributed by atoms with Gasteiger partial charge >= 0.3 is 0 Å². The largest absolute Gasteiger partial charge is 0.272 e. The number of carbonyl (C=O) groups excluding carboxylic acids is 2. The van der Waals surface area contributed by atoms with Gasteiger partial charge in [0, 0.05) is 15.1 Å². The summed E-state index contributed by atoms with van der Waals surface area (Å²) in [5, 5.41) is 0.493. The van der Waals surface area contributed by atoms with Gasteiger partial charge in [-0.05, 0) is 42.5 Å². The van der Waals surface area contributed by atoms with Crippen LogP contribution in [-0.4, -0.2) is 11.8 Å². The molecule has 108 valence electrons. The van der Waals surface area contributed by atoms with Crippen molar-refractivity contribution < 1.29 is 14.0 Å². The standard InChI is InChI=1S/C14H9BrClFN2O2/c15-9-3-6-11(12(17)7-9)14(21)19-18-13(20)8-1-4-10(16)5-2-8/h1-7H,(H,18,20)(H,19,21). The van der Waals surface area contributed by atoms with Crippen LogP contribution in [0.5, 0.6) is 0 Å². The highest BCUT2D eigenvalue weighted by molar-refractivity contribution is 9.10. The van der Waals surface area contributed by atoms with Gasteiger partial charge in [-0.25, -0.2) is 4.39 Å². The van der Waals surface area contributed by atoms with E-state index in [0.717, 1.165) is 6.07 Å². The minimum absolute atomic E-state index is 0.172. The molecule has 0 spiro atoms. The third-order valence-corrected chi connectivity index (χ3v) is 3.32. The van der Waals surface area contributed by atoms with Gasteiger partial charge in [0.2, 0.25) is 0 Å². The molecule has 0 unspecified atom stereocenters. The second kappa shape index (κ2) is 6.69. The van der Waals surface area contributed by atoms with Crippen molar-refractivity contribution in [2.24, 2.45) is 0 Å². The van der Waals surface area contributed by atoms with Crippen molar-refractivity contribution in [1.29, 1.82) is 0 Å². The molecule has 0 saturated heterocycles. The molecule has 0 aliphatic rings. The van der Waals surface area contributed by atoms with E-state index >= 15 is 0 Å². The number of benzene rings is 2. The SMILES string of the molecule is O=C(NNC(=O)c1ccc(Br)cc1F)c1ccc(Cl)cc1. The van der Waals surface area contributed by atoms with E-state index in [-0.39, 0.29) is 5.56 Å². The highest BCUT2D eigenvalue weighted by atomic mass is 79.9. The number of carbonyl (C=O) groups is 2. The van der Waals surface area contributed by atoms with Gasteiger partial charge in [-0.3, -0.25) is 20.4 Å². The molecule has 0 aromatic heterocycles. The molecule has 2 aromatic rings. The van der Waals surface area contributed by atoms with Crippen LogP contribution in [-0.2, 0) is 0 Å². The lowest BCUT2D eigenvalue weighted by Gasteiger charge is -2.08. The third kappa shape index (κ3) is 4.03. The van der Waals surface area contributed by atoms with Crippen LogP contribution in [0.25, 0.3) is 0 Å². The second-order valence-electron chi connectivity index (χ2n) is 4.04. The highest BCUT2D eigenvalue weighted by Gasteiger charge is 2.13. The maximum atomic E-state index is 13.6. The van der Waals surface area contributed by atoms with Crippen molar-refractivity contribution in [3.05, 3.63) is 68.9 Å². The summed E-state index contributed by atoms with van der Waals surface area (Å²) < 4.78 is 14.1. The average Bonchev–Trinajstić information content (AvgIpc) is 2.45. The fourth-order valence-corrected chi connectivity index (χ4v) is 1.99. The van der Waals surface area contributed by atoms with Crippen molar-refractivity contribution in [3.63, 3.8) is 0 Å². The molecule has 0 saturated carbocycles. The molecule has 0 fully saturated rings. The molecule has 0 atom stereocenters. The van der Waals surface area contributed by atoms with Gasteiger partial charge < -0.3 is 0 Å². The lowest BCUT2D eigenvalue weighted by atomic mass is 10.2. The normalized spacial score (nSPS) is 10.0. The Balaban J connectivity index is 2.00. The minimum Gasteiger partial charge on any atom is -0.267 e. The van der Waals surface area contributed by atoms with E-state index < -0.39 is 17.6 Å². The molecule has 4 nitrogen and oxygen atoms in total. The van der Waals surface area contributed by atoms with Gasteiger partial charge in [0.05, 0.1) is 5.56 Å². The van der Waals surface area contributed by atoms with Gasteiger partial charge in [0.15, 0.2) is 0 Å². The van der Waals surface area contributed by atoms with E-state index in [1.165, 1.54) is 24.3 Å². The van der Waals surface area contributed by atoms with Gasteiger partial charge in [-0.1, -0.05) is 27.5 Å². The third-order valence-electron chi connectivity index (χ3n) is 2.57. The molecule has 0 aliphatic carbocycles. The summed E-state index contributed by atoms with van der Waals surface area (Å²) in [5.41, 5.74) is 4.49. The Hall–Kier alpha value is -1.92. The maximum Gasteiger partial charge on any atom is 0.272 e. The Morgan fingerprint density at radius 3 is 2.24 bits per heavy atom. The number of hydrogen-bond donors (Lipinski definition) is 2. The first-order valence-electron chi connectivity index (χ1n) is 5.78. The van der Waals surface area contributed by atoms with Crippen LogP contribution in [0.1, 0.15) is 20.7 Å². The highest BCUT2D eigenvalue weighted by Crippen LogP contribution is 2.15. The van der Waals surface area contributed by atoms with Gasteiger partial charge in [-0.2, -0.15) is 0 Å².